The monoisotopic (exact) mass is 348 g/mol. The third-order valence-corrected chi connectivity index (χ3v) is 5.88. The first-order valence-electron chi connectivity index (χ1n) is 7.50. The Hall–Kier alpha value is -2.41. The van der Waals surface area contributed by atoms with E-state index in [-0.39, 0.29) is 12.3 Å². The maximum atomic E-state index is 14.3. The van der Waals surface area contributed by atoms with Crippen molar-refractivity contribution < 1.29 is 17.6 Å². The molecular formula is C17H17FN2O3S. The summed E-state index contributed by atoms with van der Waals surface area (Å²) in [5.74, 6) is -1.08. The quantitative estimate of drug-likeness (QED) is 0.907. The number of hydrogen-bond acceptors (Lipinski definition) is 3. The number of sulfonamides is 1. The first-order valence-corrected chi connectivity index (χ1v) is 8.94. The van der Waals surface area contributed by atoms with Crippen molar-refractivity contribution >= 4 is 27.3 Å². The van der Waals surface area contributed by atoms with Gasteiger partial charge in [0.25, 0.3) is 10.0 Å². The van der Waals surface area contributed by atoms with E-state index in [4.69, 9.17) is 0 Å². The van der Waals surface area contributed by atoms with E-state index in [1.807, 2.05) is 0 Å². The molecule has 0 unspecified atom stereocenters. The zero-order chi connectivity index (χ0) is 17.5. The van der Waals surface area contributed by atoms with E-state index >= 15 is 0 Å². The van der Waals surface area contributed by atoms with Crippen LogP contribution in [0.5, 0.6) is 0 Å². The van der Waals surface area contributed by atoms with Crippen LogP contribution < -0.4 is 9.62 Å². The van der Waals surface area contributed by atoms with Gasteiger partial charge in [0.2, 0.25) is 5.91 Å². The number of carbonyl (C=O) groups is 1. The number of halogens is 1. The van der Waals surface area contributed by atoms with Gasteiger partial charge in [0.1, 0.15) is 10.7 Å². The molecule has 2 aromatic rings. The second kappa shape index (κ2) is 5.90. The average molecular weight is 348 g/mol. The van der Waals surface area contributed by atoms with E-state index < -0.39 is 26.8 Å². The number of fused-ring (bicyclic) bond motifs is 1. The number of benzene rings is 2. The third kappa shape index (κ3) is 2.75. The summed E-state index contributed by atoms with van der Waals surface area (Å²) in [7, 11) is -4.15. The Morgan fingerprint density at radius 3 is 2.62 bits per heavy atom. The van der Waals surface area contributed by atoms with Gasteiger partial charge in [0, 0.05) is 6.42 Å². The SMILES string of the molecule is Cc1ccc(S(=O)(=O)N2c3ccccc3NC(=O)C[C@@H]2C)c(F)c1. The van der Waals surface area contributed by atoms with Gasteiger partial charge in [0.05, 0.1) is 17.4 Å². The van der Waals surface area contributed by atoms with Crippen LogP contribution in [0, 0.1) is 12.7 Å². The number of anilines is 2. The van der Waals surface area contributed by atoms with Crippen molar-refractivity contribution in [3.8, 4) is 0 Å². The van der Waals surface area contributed by atoms with Gasteiger partial charge in [-0.3, -0.25) is 9.10 Å². The van der Waals surface area contributed by atoms with Crippen LogP contribution in [0.3, 0.4) is 0 Å². The summed E-state index contributed by atoms with van der Waals surface area (Å²) >= 11 is 0. The fourth-order valence-corrected chi connectivity index (χ4v) is 4.57. The Balaban J connectivity index is 2.20. The first-order chi connectivity index (χ1) is 11.3. The first kappa shape index (κ1) is 16.4. The van der Waals surface area contributed by atoms with E-state index in [9.17, 15) is 17.6 Å². The molecule has 0 aliphatic carbocycles. The van der Waals surface area contributed by atoms with Crippen molar-refractivity contribution in [2.45, 2.75) is 31.2 Å². The van der Waals surface area contributed by atoms with Gasteiger partial charge in [-0.15, -0.1) is 0 Å². The van der Waals surface area contributed by atoms with Crippen LogP contribution in [0.25, 0.3) is 0 Å². The van der Waals surface area contributed by atoms with Crippen molar-refractivity contribution in [2.75, 3.05) is 9.62 Å². The molecule has 1 N–H and O–H groups in total. The fraction of sp³-hybridized carbons (Fsp3) is 0.235. The molecule has 0 saturated heterocycles. The molecular weight excluding hydrogens is 331 g/mol. The Morgan fingerprint density at radius 2 is 1.92 bits per heavy atom. The summed E-state index contributed by atoms with van der Waals surface area (Å²) in [5.41, 5.74) is 1.35. The van der Waals surface area contributed by atoms with Crippen LogP contribution in [0.1, 0.15) is 18.9 Å². The van der Waals surface area contributed by atoms with Gasteiger partial charge in [-0.1, -0.05) is 18.2 Å². The standard InChI is InChI=1S/C17H17FN2O3S/c1-11-7-8-16(13(18)9-11)24(22,23)20-12(2)10-17(21)19-14-5-3-4-6-15(14)20/h3-9,12H,10H2,1-2H3,(H,19,21)/t12-/m0/s1. The molecule has 1 heterocycles. The van der Waals surface area contributed by atoms with E-state index in [2.05, 4.69) is 5.32 Å². The van der Waals surface area contributed by atoms with Crippen LogP contribution in [0.15, 0.2) is 47.4 Å². The van der Waals surface area contributed by atoms with E-state index in [0.717, 1.165) is 4.31 Å². The minimum Gasteiger partial charge on any atom is -0.324 e. The summed E-state index contributed by atoms with van der Waals surface area (Å²) in [4.78, 5) is 11.6. The molecule has 0 spiro atoms. The van der Waals surface area contributed by atoms with Gasteiger partial charge < -0.3 is 5.32 Å². The van der Waals surface area contributed by atoms with E-state index in [0.29, 0.717) is 16.9 Å². The van der Waals surface area contributed by atoms with E-state index in [1.165, 1.54) is 12.1 Å². The number of nitrogens with one attached hydrogen (secondary N) is 1. The maximum Gasteiger partial charge on any atom is 0.267 e. The lowest BCUT2D eigenvalue weighted by Gasteiger charge is -2.29. The summed E-state index contributed by atoms with van der Waals surface area (Å²) in [6.45, 7) is 3.32. The highest BCUT2D eigenvalue weighted by Gasteiger charge is 2.36. The average Bonchev–Trinajstić information content (AvgIpc) is 2.61. The molecule has 126 valence electrons. The molecule has 1 aliphatic rings. The number of nitrogens with zero attached hydrogens (tertiary/aromatic N) is 1. The zero-order valence-corrected chi connectivity index (χ0v) is 14.1. The van der Waals surface area contributed by atoms with Crippen molar-refractivity contribution in [1.82, 2.24) is 0 Å². The highest BCUT2D eigenvalue weighted by Crippen LogP contribution is 2.36. The molecule has 1 amide bonds. The third-order valence-electron chi connectivity index (χ3n) is 3.92. The number of amides is 1. The predicted molar refractivity (Wildman–Crippen MR) is 90.0 cm³/mol. The number of para-hydroxylation sites is 2. The normalized spacial score (nSPS) is 17.9. The number of rotatable bonds is 2. The summed E-state index contributed by atoms with van der Waals surface area (Å²) in [6, 6.07) is 9.96. The second-order valence-corrected chi connectivity index (χ2v) is 7.64. The van der Waals surface area contributed by atoms with Gasteiger partial charge >= 0.3 is 0 Å². The molecule has 2 aromatic carbocycles. The maximum absolute atomic E-state index is 14.3. The molecule has 1 aliphatic heterocycles. The molecule has 1 atom stereocenters. The lowest BCUT2D eigenvalue weighted by molar-refractivity contribution is -0.116. The van der Waals surface area contributed by atoms with Crippen LogP contribution >= 0.6 is 0 Å². The van der Waals surface area contributed by atoms with E-state index in [1.54, 1.807) is 44.2 Å². The van der Waals surface area contributed by atoms with Crippen LogP contribution in [-0.4, -0.2) is 20.4 Å². The Morgan fingerprint density at radius 1 is 1.21 bits per heavy atom. The Bertz CT molecular complexity index is 912. The number of aryl methyl sites for hydroxylation is 1. The molecule has 0 radical (unpaired) electrons. The second-order valence-electron chi connectivity index (χ2n) is 5.85. The van der Waals surface area contributed by atoms with Crippen molar-refractivity contribution in [3.63, 3.8) is 0 Å². The number of carbonyl (C=O) groups excluding carboxylic acids is 1. The molecule has 0 bridgehead atoms. The van der Waals surface area contributed by atoms with Gasteiger partial charge in [-0.05, 0) is 43.7 Å². The zero-order valence-electron chi connectivity index (χ0n) is 13.3. The minimum absolute atomic E-state index is 0.0125. The van der Waals surface area contributed by atoms with Crippen molar-refractivity contribution in [2.24, 2.45) is 0 Å². The lowest BCUT2D eigenvalue weighted by Crippen LogP contribution is -2.39. The predicted octanol–water partition coefficient (Wildman–Crippen LogP) is 3.06. The van der Waals surface area contributed by atoms with Crippen molar-refractivity contribution in [3.05, 3.63) is 53.8 Å². The molecule has 0 aromatic heterocycles. The summed E-state index contributed by atoms with van der Waals surface area (Å²) < 4.78 is 41.6. The summed E-state index contributed by atoms with van der Waals surface area (Å²) in [6.07, 6.45) is -0.0125. The molecule has 3 rings (SSSR count). The highest BCUT2D eigenvalue weighted by atomic mass is 32.2. The topological polar surface area (TPSA) is 66.5 Å². The van der Waals surface area contributed by atoms with Crippen LogP contribution in [0.2, 0.25) is 0 Å². The Kier molecular flexibility index (Phi) is 4.04. The van der Waals surface area contributed by atoms with Crippen molar-refractivity contribution in [1.29, 1.82) is 0 Å². The molecule has 0 saturated carbocycles. The Labute approximate surface area is 140 Å². The molecule has 0 fully saturated rings. The minimum atomic E-state index is -4.15. The van der Waals surface area contributed by atoms with Crippen LogP contribution in [-0.2, 0) is 14.8 Å². The number of hydrogen-bond donors (Lipinski definition) is 1. The fourth-order valence-electron chi connectivity index (χ4n) is 2.85. The summed E-state index contributed by atoms with van der Waals surface area (Å²) in [5, 5.41) is 2.69. The van der Waals surface area contributed by atoms with Gasteiger partial charge in [-0.2, -0.15) is 0 Å². The molecule has 5 nitrogen and oxygen atoms in total. The highest BCUT2D eigenvalue weighted by molar-refractivity contribution is 7.92. The smallest absolute Gasteiger partial charge is 0.267 e. The molecule has 7 heteroatoms. The van der Waals surface area contributed by atoms with Crippen LogP contribution in [0.4, 0.5) is 15.8 Å². The molecule has 24 heavy (non-hydrogen) atoms. The lowest BCUT2D eigenvalue weighted by atomic mass is 10.2. The van der Waals surface area contributed by atoms with Gasteiger partial charge in [0.15, 0.2) is 0 Å². The largest absolute Gasteiger partial charge is 0.324 e. The van der Waals surface area contributed by atoms with Gasteiger partial charge in [-0.25, -0.2) is 12.8 Å².